The molecule has 0 saturated carbocycles. The number of nitrogens with zero attached hydrogens (tertiary/aromatic N) is 1. The molecule has 6 nitrogen and oxygen atoms in total. The maximum absolute atomic E-state index is 12.6. The average Bonchev–Trinajstić information content (AvgIpc) is 2.64. The molecule has 2 aromatic rings. The Morgan fingerprint density at radius 1 is 1.22 bits per heavy atom. The van der Waals surface area contributed by atoms with Crippen LogP contribution in [-0.2, 0) is 4.79 Å². The van der Waals surface area contributed by atoms with E-state index in [1.165, 1.54) is 4.90 Å². The van der Waals surface area contributed by atoms with Crippen LogP contribution in [0, 0.1) is 6.92 Å². The molecule has 0 aromatic heterocycles. The van der Waals surface area contributed by atoms with Gasteiger partial charge in [0.05, 0.1) is 19.6 Å². The third-order valence-electron chi connectivity index (χ3n) is 4.28. The molecule has 0 aliphatic heterocycles. The van der Waals surface area contributed by atoms with Crippen LogP contribution in [0.4, 0.5) is 4.79 Å². The molecule has 2 amide bonds. The molecule has 0 fully saturated rings. The summed E-state index contributed by atoms with van der Waals surface area (Å²) in [5.74, 6) is -0.234. The number of aliphatic carboxylic acids is 1. The predicted octanol–water partition coefficient (Wildman–Crippen LogP) is 3.86. The monoisotopic (exact) mass is 390 g/mol. The lowest BCUT2D eigenvalue weighted by molar-refractivity contribution is -0.137. The van der Waals surface area contributed by atoms with Crippen molar-refractivity contribution in [1.29, 1.82) is 0 Å². The fraction of sp³-hybridized carbons (Fsp3) is 0.300. The summed E-state index contributed by atoms with van der Waals surface area (Å²) in [6.07, 6.45) is -0.123. The van der Waals surface area contributed by atoms with Crippen molar-refractivity contribution < 1.29 is 19.4 Å². The van der Waals surface area contributed by atoms with Crippen molar-refractivity contribution in [1.82, 2.24) is 10.2 Å². The number of halogens is 1. The highest BCUT2D eigenvalue weighted by Crippen LogP contribution is 2.31. The minimum Gasteiger partial charge on any atom is -0.497 e. The Labute approximate surface area is 163 Å². The van der Waals surface area contributed by atoms with Gasteiger partial charge in [0, 0.05) is 18.6 Å². The standard InChI is InChI=1S/C20H23ClN2O4/c1-13-12-14(27-3)8-9-15(13)19(16-6-4-5-7-17(16)21)22-20(26)23(2)11-10-18(24)25/h4-9,12,19H,10-11H2,1-3H3,(H,22,26)(H,24,25). The lowest BCUT2D eigenvalue weighted by Crippen LogP contribution is -2.40. The number of ether oxygens (including phenoxy) is 1. The van der Waals surface area contributed by atoms with Gasteiger partial charge in [-0.15, -0.1) is 0 Å². The topological polar surface area (TPSA) is 78.9 Å². The number of aryl methyl sites for hydroxylation is 1. The van der Waals surface area contributed by atoms with Crippen LogP contribution in [-0.4, -0.2) is 42.7 Å². The molecule has 27 heavy (non-hydrogen) atoms. The molecule has 1 unspecified atom stereocenters. The van der Waals surface area contributed by atoms with Crippen LogP contribution < -0.4 is 10.1 Å². The second-order valence-electron chi connectivity index (χ2n) is 6.19. The highest BCUT2D eigenvalue weighted by molar-refractivity contribution is 6.31. The predicted molar refractivity (Wildman–Crippen MR) is 104 cm³/mol. The molecule has 2 aromatic carbocycles. The van der Waals surface area contributed by atoms with E-state index < -0.39 is 12.0 Å². The number of carboxylic acids is 1. The Bertz CT molecular complexity index is 825. The zero-order chi connectivity index (χ0) is 20.0. The summed E-state index contributed by atoms with van der Waals surface area (Å²) in [5.41, 5.74) is 2.57. The number of hydrogen-bond donors (Lipinski definition) is 2. The van der Waals surface area contributed by atoms with E-state index in [0.717, 1.165) is 22.4 Å². The van der Waals surface area contributed by atoms with Crippen molar-refractivity contribution in [3.63, 3.8) is 0 Å². The number of carbonyl (C=O) groups excluding carboxylic acids is 1. The Balaban J connectivity index is 2.35. The number of methoxy groups -OCH3 is 1. The number of rotatable bonds is 7. The number of urea groups is 1. The SMILES string of the molecule is COc1ccc(C(NC(=O)N(C)CCC(=O)O)c2ccccc2Cl)c(C)c1. The fourth-order valence-electron chi connectivity index (χ4n) is 2.73. The van der Waals surface area contributed by atoms with Gasteiger partial charge in [-0.3, -0.25) is 4.79 Å². The Kier molecular flexibility index (Phi) is 7.07. The second kappa shape index (κ2) is 9.28. The summed E-state index contributed by atoms with van der Waals surface area (Å²) in [6, 6.07) is 12.0. The van der Waals surface area contributed by atoms with Crippen LogP contribution in [0.25, 0.3) is 0 Å². The van der Waals surface area contributed by atoms with E-state index in [1.807, 2.05) is 43.3 Å². The summed E-state index contributed by atoms with van der Waals surface area (Å²) in [6.45, 7) is 2.04. The smallest absolute Gasteiger partial charge is 0.317 e. The van der Waals surface area contributed by atoms with Crippen LogP contribution in [0.1, 0.15) is 29.2 Å². The number of benzene rings is 2. The van der Waals surface area contributed by atoms with E-state index in [9.17, 15) is 9.59 Å². The van der Waals surface area contributed by atoms with Crippen molar-refractivity contribution in [3.05, 3.63) is 64.2 Å². The summed E-state index contributed by atoms with van der Waals surface area (Å²) >= 11 is 6.38. The van der Waals surface area contributed by atoms with Crippen LogP contribution in [0.5, 0.6) is 5.75 Å². The molecular weight excluding hydrogens is 368 g/mol. The number of hydrogen-bond acceptors (Lipinski definition) is 3. The molecule has 2 N–H and O–H groups in total. The maximum atomic E-state index is 12.6. The molecule has 1 atom stereocenters. The maximum Gasteiger partial charge on any atom is 0.317 e. The normalized spacial score (nSPS) is 11.6. The molecule has 0 spiro atoms. The summed E-state index contributed by atoms with van der Waals surface area (Å²) in [4.78, 5) is 24.7. The van der Waals surface area contributed by atoms with Gasteiger partial charge in [0.2, 0.25) is 0 Å². The van der Waals surface area contributed by atoms with E-state index in [1.54, 1.807) is 20.2 Å². The van der Waals surface area contributed by atoms with Crippen molar-refractivity contribution in [2.75, 3.05) is 20.7 Å². The minimum atomic E-state index is -0.955. The van der Waals surface area contributed by atoms with Gasteiger partial charge in [-0.1, -0.05) is 35.9 Å². The Morgan fingerprint density at radius 3 is 2.52 bits per heavy atom. The van der Waals surface area contributed by atoms with Crippen LogP contribution in [0.3, 0.4) is 0 Å². The molecule has 0 saturated heterocycles. The van der Waals surface area contributed by atoms with Crippen molar-refractivity contribution in [2.24, 2.45) is 0 Å². The van der Waals surface area contributed by atoms with E-state index in [4.69, 9.17) is 21.4 Å². The zero-order valence-electron chi connectivity index (χ0n) is 15.5. The van der Waals surface area contributed by atoms with Gasteiger partial charge in [-0.25, -0.2) is 4.79 Å². The highest BCUT2D eigenvalue weighted by atomic mass is 35.5. The number of carboxylic acid groups (broad SMARTS) is 1. The van der Waals surface area contributed by atoms with Crippen molar-refractivity contribution in [2.45, 2.75) is 19.4 Å². The van der Waals surface area contributed by atoms with Gasteiger partial charge in [0.15, 0.2) is 0 Å². The summed E-state index contributed by atoms with van der Waals surface area (Å²) < 4.78 is 5.26. The van der Waals surface area contributed by atoms with Gasteiger partial charge in [-0.2, -0.15) is 0 Å². The number of nitrogens with one attached hydrogen (secondary N) is 1. The number of amides is 2. The van der Waals surface area contributed by atoms with Crippen molar-refractivity contribution in [3.8, 4) is 5.75 Å². The van der Waals surface area contributed by atoms with E-state index in [2.05, 4.69) is 5.32 Å². The van der Waals surface area contributed by atoms with E-state index in [-0.39, 0.29) is 19.0 Å². The van der Waals surface area contributed by atoms with E-state index in [0.29, 0.717) is 5.02 Å². The first-order valence-electron chi connectivity index (χ1n) is 8.46. The molecule has 2 rings (SSSR count). The number of carbonyl (C=O) groups is 2. The van der Waals surface area contributed by atoms with E-state index >= 15 is 0 Å². The molecular formula is C20H23ClN2O4. The third-order valence-corrected chi connectivity index (χ3v) is 4.62. The lowest BCUT2D eigenvalue weighted by Gasteiger charge is -2.26. The third kappa shape index (κ3) is 5.37. The first-order valence-corrected chi connectivity index (χ1v) is 8.83. The molecule has 0 heterocycles. The van der Waals surface area contributed by atoms with Crippen LogP contribution >= 0.6 is 11.6 Å². The quantitative estimate of drug-likeness (QED) is 0.752. The largest absolute Gasteiger partial charge is 0.497 e. The average molecular weight is 391 g/mol. The summed E-state index contributed by atoms with van der Waals surface area (Å²) in [5, 5.41) is 12.3. The lowest BCUT2D eigenvalue weighted by atomic mass is 9.94. The Morgan fingerprint density at radius 2 is 1.93 bits per heavy atom. The molecule has 0 aliphatic carbocycles. The zero-order valence-corrected chi connectivity index (χ0v) is 16.3. The van der Waals surface area contributed by atoms with Gasteiger partial charge >= 0.3 is 12.0 Å². The van der Waals surface area contributed by atoms with Gasteiger partial charge in [0.1, 0.15) is 5.75 Å². The van der Waals surface area contributed by atoms with Crippen LogP contribution in [0.15, 0.2) is 42.5 Å². The molecule has 7 heteroatoms. The second-order valence-corrected chi connectivity index (χ2v) is 6.60. The molecule has 0 bridgehead atoms. The van der Waals surface area contributed by atoms with Gasteiger partial charge in [0.25, 0.3) is 0 Å². The Hall–Kier alpha value is -2.73. The van der Waals surface area contributed by atoms with Gasteiger partial charge < -0.3 is 20.1 Å². The molecule has 144 valence electrons. The van der Waals surface area contributed by atoms with Gasteiger partial charge in [-0.05, 0) is 41.8 Å². The highest BCUT2D eigenvalue weighted by Gasteiger charge is 2.23. The first kappa shape index (κ1) is 20.6. The molecule has 0 aliphatic rings. The first-order chi connectivity index (χ1) is 12.8. The van der Waals surface area contributed by atoms with Crippen LogP contribution in [0.2, 0.25) is 5.02 Å². The summed E-state index contributed by atoms with van der Waals surface area (Å²) in [7, 11) is 3.15. The molecule has 0 radical (unpaired) electrons. The van der Waals surface area contributed by atoms with Crippen molar-refractivity contribution >= 4 is 23.6 Å². The fourth-order valence-corrected chi connectivity index (χ4v) is 2.97. The minimum absolute atomic E-state index is 0.109.